The maximum Gasteiger partial charge on any atom is 0.419 e. The summed E-state index contributed by atoms with van der Waals surface area (Å²) in [6.07, 6.45) is 4.91. The highest BCUT2D eigenvalue weighted by Gasteiger charge is 2.36. The minimum atomic E-state index is -3.69. The van der Waals surface area contributed by atoms with Crippen molar-refractivity contribution in [1.82, 2.24) is 19.1 Å². The lowest BCUT2D eigenvalue weighted by atomic mass is 10.1. The fourth-order valence-electron chi connectivity index (χ4n) is 3.21. The number of sulfonamides is 1. The topological polar surface area (TPSA) is 101 Å². The molecule has 0 bridgehead atoms. The number of hydrogen-bond donors (Lipinski definition) is 1. The highest BCUT2D eigenvalue weighted by molar-refractivity contribution is 7.89. The van der Waals surface area contributed by atoms with Crippen LogP contribution in [-0.2, 0) is 17.1 Å². The number of aromatic amines is 1. The van der Waals surface area contributed by atoms with E-state index in [1.807, 2.05) is 0 Å². The maximum absolute atomic E-state index is 13.0. The Bertz CT molecular complexity index is 1050. The first kappa shape index (κ1) is 15.2. The molecule has 1 aliphatic heterocycles. The molecule has 0 saturated carbocycles. The van der Waals surface area contributed by atoms with Gasteiger partial charge in [0.1, 0.15) is 0 Å². The summed E-state index contributed by atoms with van der Waals surface area (Å²) in [5.41, 5.74) is 1.68. The first-order valence-electron chi connectivity index (χ1n) is 7.58. The van der Waals surface area contributed by atoms with Gasteiger partial charge in [0.2, 0.25) is 10.0 Å². The van der Waals surface area contributed by atoms with E-state index in [-0.39, 0.29) is 16.5 Å². The van der Waals surface area contributed by atoms with Crippen LogP contribution in [0.5, 0.6) is 0 Å². The lowest BCUT2D eigenvalue weighted by Gasteiger charge is -2.23. The number of rotatable bonds is 3. The zero-order valence-electron chi connectivity index (χ0n) is 13.0. The summed E-state index contributed by atoms with van der Waals surface area (Å²) in [5.74, 6) is -0.517. The standard InChI is InChI=1S/C15H16N4O4S/c1-18-13-5-4-11(7-14(13)23-15(18)20)24(21,22)19-6-2-3-12(19)10-8-16-17-9-10/h4-5,7-9,12H,2-3,6H2,1H3,(H,16,17). The molecule has 3 aromatic rings. The molecule has 126 valence electrons. The fourth-order valence-corrected chi connectivity index (χ4v) is 4.91. The smallest absolute Gasteiger partial charge is 0.408 e. The van der Waals surface area contributed by atoms with Crippen LogP contribution in [0.4, 0.5) is 0 Å². The molecule has 0 aliphatic carbocycles. The van der Waals surface area contributed by atoms with Gasteiger partial charge in [-0.3, -0.25) is 9.67 Å². The average molecular weight is 348 g/mol. The number of aryl methyl sites for hydroxylation is 1. The van der Waals surface area contributed by atoms with Crippen molar-refractivity contribution in [1.29, 1.82) is 0 Å². The molecule has 0 radical (unpaired) electrons. The van der Waals surface area contributed by atoms with Gasteiger partial charge in [-0.2, -0.15) is 9.40 Å². The number of hydrogen-bond acceptors (Lipinski definition) is 5. The summed E-state index contributed by atoms with van der Waals surface area (Å²) in [5, 5.41) is 6.64. The van der Waals surface area contributed by atoms with E-state index in [2.05, 4.69) is 10.2 Å². The van der Waals surface area contributed by atoms with E-state index in [0.717, 1.165) is 18.4 Å². The van der Waals surface area contributed by atoms with Crippen molar-refractivity contribution in [2.75, 3.05) is 6.54 Å². The molecule has 8 nitrogen and oxygen atoms in total. The molecule has 1 atom stereocenters. The Morgan fingerprint density at radius 3 is 2.96 bits per heavy atom. The average Bonchev–Trinajstić information content (AvgIpc) is 3.28. The maximum atomic E-state index is 13.0. The van der Waals surface area contributed by atoms with Gasteiger partial charge in [0.05, 0.1) is 22.7 Å². The summed E-state index contributed by atoms with van der Waals surface area (Å²) in [7, 11) is -2.11. The van der Waals surface area contributed by atoms with Crippen LogP contribution >= 0.6 is 0 Å². The minimum Gasteiger partial charge on any atom is -0.408 e. The molecule has 0 amide bonds. The van der Waals surface area contributed by atoms with Crippen LogP contribution < -0.4 is 5.76 Å². The Labute approximate surface area is 137 Å². The Balaban J connectivity index is 1.78. The molecule has 1 aliphatic rings. The molecule has 1 fully saturated rings. The predicted molar refractivity (Wildman–Crippen MR) is 85.9 cm³/mol. The first-order chi connectivity index (χ1) is 11.5. The molecular formula is C15H16N4O4S. The molecule has 1 unspecified atom stereocenters. The summed E-state index contributed by atoms with van der Waals surface area (Å²) >= 11 is 0. The highest BCUT2D eigenvalue weighted by Crippen LogP contribution is 2.36. The molecule has 9 heteroatoms. The van der Waals surface area contributed by atoms with Crippen molar-refractivity contribution in [2.24, 2.45) is 7.05 Å². The number of H-pyrrole nitrogens is 1. The van der Waals surface area contributed by atoms with Gasteiger partial charge < -0.3 is 4.42 Å². The Kier molecular flexibility index (Phi) is 3.36. The van der Waals surface area contributed by atoms with Crippen LogP contribution in [0.25, 0.3) is 11.1 Å². The second-order valence-electron chi connectivity index (χ2n) is 5.86. The van der Waals surface area contributed by atoms with Crippen molar-refractivity contribution in [3.05, 3.63) is 46.7 Å². The Morgan fingerprint density at radius 2 is 2.21 bits per heavy atom. The number of aromatic nitrogens is 3. The van der Waals surface area contributed by atoms with Gasteiger partial charge in [0.15, 0.2) is 5.58 Å². The number of oxazole rings is 1. The van der Waals surface area contributed by atoms with E-state index in [0.29, 0.717) is 12.1 Å². The van der Waals surface area contributed by atoms with Gasteiger partial charge in [0.25, 0.3) is 0 Å². The molecule has 3 heterocycles. The monoisotopic (exact) mass is 348 g/mol. The van der Waals surface area contributed by atoms with E-state index >= 15 is 0 Å². The van der Waals surface area contributed by atoms with Gasteiger partial charge in [-0.15, -0.1) is 0 Å². The lowest BCUT2D eigenvalue weighted by Crippen LogP contribution is -2.30. The van der Waals surface area contributed by atoms with Crippen molar-refractivity contribution in [2.45, 2.75) is 23.8 Å². The summed E-state index contributed by atoms with van der Waals surface area (Å²) in [6.45, 7) is 0.453. The van der Waals surface area contributed by atoms with Crippen LogP contribution in [0.2, 0.25) is 0 Å². The van der Waals surface area contributed by atoms with Crippen molar-refractivity contribution in [3.63, 3.8) is 0 Å². The molecule has 1 aromatic carbocycles. The predicted octanol–water partition coefficient (Wildman–Crippen LogP) is 1.38. The number of fused-ring (bicyclic) bond motifs is 1. The van der Waals surface area contributed by atoms with Crippen LogP contribution in [-0.4, -0.2) is 34.0 Å². The van der Waals surface area contributed by atoms with Gasteiger partial charge >= 0.3 is 5.76 Å². The quantitative estimate of drug-likeness (QED) is 0.770. The number of benzene rings is 1. The third-order valence-electron chi connectivity index (χ3n) is 4.48. The minimum absolute atomic E-state index is 0.125. The lowest BCUT2D eigenvalue weighted by molar-refractivity contribution is 0.396. The summed E-state index contributed by atoms with van der Waals surface area (Å²) in [6, 6.07) is 4.29. The molecule has 0 spiro atoms. The van der Waals surface area contributed by atoms with Crippen LogP contribution in [0.1, 0.15) is 24.4 Å². The largest absolute Gasteiger partial charge is 0.419 e. The normalized spacial score (nSPS) is 19.3. The molecular weight excluding hydrogens is 332 g/mol. The van der Waals surface area contributed by atoms with Crippen molar-refractivity contribution in [3.8, 4) is 0 Å². The first-order valence-corrected chi connectivity index (χ1v) is 9.02. The summed E-state index contributed by atoms with van der Waals surface area (Å²) in [4.78, 5) is 11.7. The molecule has 1 saturated heterocycles. The molecule has 1 N–H and O–H groups in total. The zero-order chi connectivity index (χ0) is 16.9. The van der Waals surface area contributed by atoms with Gasteiger partial charge in [-0.05, 0) is 25.0 Å². The third-order valence-corrected chi connectivity index (χ3v) is 6.38. The van der Waals surface area contributed by atoms with Gasteiger partial charge in [-0.25, -0.2) is 13.2 Å². The molecule has 2 aromatic heterocycles. The third kappa shape index (κ3) is 2.20. The van der Waals surface area contributed by atoms with E-state index in [9.17, 15) is 13.2 Å². The number of nitrogens with one attached hydrogen (secondary N) is 1. The fraction of sp³-hybridized carbons (Fsp3) is 0.333. The van der Waals surface area contributed by atoms with E-state index in [1.54, 1.807) is 25.5 Å². The summed E-state index contributed by atoms with van der Waals surface area (Å²) < 4.78 is 34.0. The molecule has 24 heavy (non-hydrogen) atoms. The SMILES string of the molecule is Cn1c(=O)oc2cc(S(=O)(=O)N3CCCC3c3cn[nH]c3)ccc21. The van der Waals surface area contributed by atoms with E-state index in [1.165, 1.54) is 21.0 Å². The van der Waals surface area contributed by atoms with Crippen LogP contribution in [0, 0.1) is 0 Å². The molecule has 4 rings (SSSR count). The Hall–Kier alpha value is -2.39. The van der Waals surface area contributed by atoms with Crippen LogP contribution in [0.3, 0.4) is 0 Å². The van der Waals surface area contributed by atoms with Gasteiger partial charge in [0, 0.05) is 31.4 Å². The Morgan fingerprint density at radius 1 is 1.38 bits per heavy atom. The van der Waals surface area contributed by atoms with E-state index in [4.69, 9.17) is 4.42 Å². The van der Waals surface area contributed by atoms with Crippen LogP contribution in [0.15, 0.2) is 44.7 Å². The number of nitrogens with zero attached hydrogens (tertiary/aromatic N) is 3. The highest BCUT2D eigenvalue weighted by atomic mass is 32.2. The van der Waals surface area contributed by atoms with Gasteiger partial charge in [-0.1, -0.05) is 0 Å². The second-order valence-corrected chi connectivity index (χ2v) is 7.75. The zero-order valence-corrected chi connectivity index (χ0v) is 13.8. The second kappa shape index (κ2) is 5.32. The van der Waals surface area contributed by atoms with Crippen molar-refractivity contribution < 1.29 is 12.8 Å². The van der Waals surface area contributed by atoms with Crippen molar-refractivity contribution >= 4 is 21.1 Å². The van der Waals surface area contributed by atoms with E-state index < -0.39 is 15.8 Å².